The van der Waals surface area contributed by atoms with Crippen molar-refractivity contribution in [2.45, 2.75) is 49.9 Å². The molecule has 1 aliphatic heterocycles. The zero-order chi connectivity index (χ0) is 33.4. The van der Waals surface area contributed by atoms with E-state index in [2.05, 4.69) is 26.6 Å². The molecule has 13 heteroatoms. The molecule has 0 spiro atoms. The second kappa shape index (κ2) is 15.6. The van der Waals surface area contributed by atoms with Gasteiger partial charge in [-0.05, 0) is 78.3 Å². The Balaban J connectivity index is 0.000000617. The van der Waals surface area contributed by atoms with Gasteiger partial charge in [0.1, 0.15) is 17.6 Å². The number of quaternary nitrogens is 1. The van der Waals surface area contributed by atoms with Crippen molar-refractivity contribution in [3.63, 3.8) is 0 Å². The van der Waals surface area contributed by atoms with E-state index >= 15 is 0 Å². The van der Waals surface area contributed by atoms with E-state index in [1.54, 1.807) is 24.3 Å². The highest BCUT2D eigenvalue weighted by Gasteiger charge is 2.38. The Hall–Kier alpha value is -3.84. The van der Waals surface area contributed by atoms with E-state index < -0.39 is 18.2 Å². The van der Waals surface area contributed by atoms with Crippen molar-refractivity contribution >= 4 is 33.7 Å². The molecule has 1 aliphatic carbocycles. The number of carboxylic acid groups (broad SMARTS) is 1. The van der Waals surface area contributed by atoms with Crippen molar-refractivity contribution in [2.24, 2.45) is 5.92 Å². The van der Waals surface area contributed by atoms with Crippen LogP contribution in [0.15, 0.2) is 77.3 Å². The van der Waals surface area contributed by atoms with Crippen LogP contribution in [-0.2, 0) is 14.4 Å². The molecule has 46 heavy (non-hydrogen) atoms. The Bertz CT molecular complexity index is 1440. The summed E-state index contributed by atoms with van der Waals surface area (Å²) in [4.78, 5) is 36.7. The molecule has 3 N–H and O–H groups in total. The van der Waals surface area contributed by atoms with Gasteiger partial charge >= 0.3 is 6.18 Å². The van der Waals surface area contributed by atoms with Crippen LogP contribution in [0.5, 0.6) is 0 Å². The quantitative estimate of drug-likeness (QED) is 0.312. The van der Waals surface area contributed by atoms with Gasteiger partial charge in [-0.15, -0.1) is 0 Å². The normalized spacial score (nSPS) is 19.8. The first kappa shape index (κ1) is 35.0. The first-order chi connectivity index (χ1) is 21.8. The lowest BCUT2D eigenvalue weighted by atomic mass is 9.73. The van der Waals surface area contributed by atoms with Gasteiger partial charge in [0.15, 0.2) is 6.54 Å². The third kappa shape index (κ3) is 9.83. The van der Waals surface area contributed by atoms with Crippen molar-refractivity contribution in [3.05, 3.63) is 106 Å². The first-order valence-electron chi connectivity index (χ1n) is 14.8. The van der Waals surface area contributed by atoms with Gasteiger partial charge in [0.2, 0.25) is 5.91 Å². The average Bonchev–Trinajstić information content (AvgIpc) is 2.99. The Morgan fingerprint density at radius 2 is 1.39 bits per heavy atom. The van der Waals surface area contributed by atoms with Gasteiger partial charge in [0, 0.05) is 22.9 Å². The Labute approximate surface area is 271 Å². The van der Waals surface area contributed by atoms with Crippen molar-refractivity contribution in [1.82, 2.24) is 10.6 Å². The van der Waals surface area contributed by atoms with Crippen molar-refractivity contribution in [2.75, 3.05) is 19.6 Å². The number of nitrogens with one attached hydrogen (secondary N) is 3. The fourth-order valence-corrected chi connectivity index (χ4v) is 5.99. The molecule has 2 aliphatic rings. The number of alkyl halides is 3. The zero-order valence-corrected chi connectivity index (χ0v) is 26.2. The summed E-state index contributed by atoms with van der Waals surface area (Å²) in [5, 5.41) is 15.2. The number of rotatable bonds is 8. The molecule has 0 unspecified atom stereocenters. The summed E-state index contributed by atoms with van der Waals surface area (Å²) in [6.45, 7) is 2.59. The molecule has 1 saturated heterocycles. The number of halogens is 6. The van der Waals surface area contributed by atoms with E-state index in [-0.39, 0.29) is 41.3 Å². The summed E-state index contributed by atoms with van der Waals surface area (Å²) in [5.74, 6) is -4.19. The van der Waals surface area contributed by atoms with E-state index in [4.69, 9.17) is 9.90 Å². The van der Waals surface area contributed by atoms with E-state index in [1.807, 2.05) is 24.3 Å². The van der Waals surface area contributed by atoms with Crippen LogP contribution in [0.4, 0.5) is 22.0 Å². The number of carbonyl (C=O) groups excluding carboxylic acids is 3. The van der Waals surface area contributed by atoms with Gasteiger partial charge in [-0.25, -0.2) is 8.78 Å². The molecule has 5 rings (SSSR count). The van der Waals surface area contributed by atoms with Crippen molar-refractivity contribution < 1.29 is 46.3 Å². The van der Waals surface area contributed by atoms with Crippen LogP contribution in [0.2, 0.25) is 0 Å². The molecule has 1 saturated carbocycles. The molecule has 2 fully saturated rings. The number of carboxylic acids is 1. The van der Waals surface area contributed by atoms with Gasteiger partial charge in [-0.3, -0.25) is 9.59 Å². The fourth-order valence-electron chi connectivity index (χ4n) is 5.72. The SMILES string of the molecule is O=C(C[NH+]1CCC1)N[C@@H]1CC[C@@H](C(=O)NC(c2ccc(F)cc2)c2ccc(F)cc2)[C@H](c2ccc(Br)cc2)C1.O=C([O-])C(F)(F)F. The molecule has 2 amide bonds. The topological polar surface area (TPSA) is 103 Å². The summed E-state index contributed by atoms with van der Waals surface area (Å²) in [6.07, 6.45) is -2.03. The number of likely N-dealkylation sites (tertiary alicyclic amines) is 1. The lowest BCUT2D eigenvalue weighted by molar-refractivity contribution is -0.931. The summed E-state index contributed by atoms with van der Waals surface area (Å²) < 4.78 is 59.9. The standard InChI is InChI=1S/C31H32BrF2N3O2.C2HF3O2/c32-23-8-2-20(3-9-23)28-18-26(35-29(38)19-37-16-1-17-37)14-15-27(28)31(39)36-30(21-4-10-24(33)11-5-21)22-6-12-25(34)13-7-22;3-2(4,5)1(6)7/h2-13,26-28,30H,1,14-19H2,(H,35,38)(H,36,39);(H,6,7)/t26-,27-,28+;/m1./s1. The van der Waals surface area contributed by atoms with E-state index in [9.17, 15) is 31.5 Å². The Morgan fingerprint density at radius 1 is 0.870 bits per heavy atom. The smallest absolute Gasteiger partial charge is 0.430 e. The van der Waals surface area contributed by atoms with Crippen molar-refractivity contribution in [1.29, 1.82) is 0 Å². The van der Waals surface area contributed by atoms with Crippen LogP contribution >= 0.6 is 15.9 Å². The third-order valence-electron chi connectivity index (χ3n) is 8.25. The number of amides is 2. The number of carbonyl (C=O) groups is 3. The minimum atomic E-state index is -5.19. The second-order valence-electron chi connectivity index (χ2n) is 11.5. The molecule has 246 valence electrons. The number of hydrogen-bond donors (Lipinski definition) is 3. The number of hydrogen-bond acceptors (Lipinski definition) is 4. The molecule has 0 radical (unpaired) electrons. The van der Waals surface area contributed by atoms with Gasteiger partial charge < -0.3 is 25.4 Å². The largest absolute Gasteiger partial charge is 0.542 e. The minimum Gasteiger partial charge on any atom is -0.542 e. The first-order valence-corrected chi connectivity index (χ1v) is 15.6. The summed E-state index contributed by atoms with van der Waals surface area (Å²) in [5.41, 5.74) is 2.47. The van der Waals surface area contributed by atoms with Gasteiger partial charge in [-0.1, -0.05) is 52.3 Å². The molecule has 3 aromatic carbocycles. The maximum Gasteiger partial charge on any atom is 0.430 e. The van der Waals surface area contributed by atoms with Crippen LogP contribution in [0.25, 0.3) is 0 Å². The lowest BCUT2D eigenvalue weighted by Gasteiger charge is -2.37. The molecular weight excluding hydrogens is 677 g/mol. The van der Waals surface area contributed by atoms with Crippen LogP contribution in [0.1, 0.15) is 54.3 Å². The van der Waals surface area contributed by atoms with Gasteiger partial charge in [0.25, 0.3) is 5.91 Å². The molecule has 0 bridgehead atoms. The van der Waals surface area contributed by atoms with Crippen LogP contribution in [0.3, 0.4) is 0 Å². The highest BCUT2D eigenvalue weighted by Crippen LogP contribution is 2.39. The van der Waals surface area contributed by atoms with Gasteiger partial charge in [0.05, 0.1) is 19.1 Å². The molecule has 3 atom stereocenters. The number of aliphatic carboxylic acids is 1. The van der Waals surface area contributed by atoms with Crippen molar-refractivity contribution in [3.8, 4) is 0 Å². The predicted molar refractivity (Wildman–Crippen MR) is 160 cm³/mol. The Kier molecular flexibility index (Phi) is 11.9. The maximum absolute atomic E-state index is 13.9. The summed E-state index contributed by atoms with van der Waals surface area (Å²) >= 11 is 3.50. The summed E-state index contributed by atoms with van der Waals surface area (Å²) in [7, 11) is 0. The summed E-state index contributed by atoms with van der Waals surface area (Å²) in [6, 6.07) is 19.5. The zero-order valence-electron chi connectivity index (χ0n) is 24.6. The maximum atomic E-state index is 13.9. The molecule has 3 aromatic rings. The number of benzene rings is 3. The molecule has 7 nitrogen and oxygen atoms in total. The van der Waals surface area contributed by atoms with E-state index in [0.29, 0.717) is 36.9 Å². The van der Waals surface area contributed by atoms with Crippen LogP contribution in [-0.4, -0.2) is 49.6 Å². The monoisotopic (exact) mass is 709 g/mol. The van der Waals surface area contributed by atoms with E-state index in [1.165, 1.54) is 35.6 Å². The fraction of sp³-hybridized carbons (Fsp3) is 0.364. The average molecular weight is 711 g/mol. The highest BCUT2D eigenvalue weighted by atomic mass is 79.9. The van der Waals surface area contributed by atoms with Crippen LogP contribution < -0.4 is 20.6 Å². The van der Waals surface area contributed by atoms with Gasteiger partial charge in [-0.2, -0.15) is 13.2 Å². The third-order valence-corrected chi connectivity index (χ3v) is 8.77. The molecular formula is C33H33BrF5N3O4. The lowest BCUT2D eigenvalue weighted by Crippen LogP contribution is -3.18. The van der Waals surface area contributed by atoms with E-state index in [0.717, 1.165) is 23.1 Å². The highest BCUT2D eigenvalue weighted by molar-refractivity contribution is 9.10. The second-order valence-corrected chi connectivity index (χ2v) is 12.4. The molecule has 0 aromatic heterocycles. The molecule has 1 heterocycles. The Morgan fingerprint density at radius 3 is 1.85 bits per heavy atom. The minimum absolute atomic E-state index is 0.000803. The predicted octanol–water partition coefficient (Wildman–Crippen LogP) is 3.59. The van der Waals surface area contributed by atoms with Crippen LogP contribution in [0, 0.1) is 17.6 Å².